The zero-order chi connectivity index (χ0) is 16.7. The van der Waals surface area contributed by atoms with Crippen LogP contribution in [0.1, 0.15) is 12.8 Å². The van der Waals surface area contributed by atoms with Gasteiger partial charge in [-0.25, -0.2) is 0 Å². The first kappa shape index (κ1) is 15.4. The molecule has 1 saturated heterocycles. The molecule has 3 amide bonds. The second kappa shape index (κ2) is 6.09. The SMILES string of the molecule is O=C1[C@H]2CC=CC[C@H]2C(=O)N1CC(=O)N1CCSc2ccccc21. The lowest BCUT2D eigenvalue weighted by atomic mass is 9.85. The lowest BCUT2D eigenvalue weighted by molar-refractivity contribution is -0.143. The van der Waals surface area contributed by atoms with E-state index in [0.29, 0.717) is 19.4 Å². The molecule has 6 heteroatoms. The number of hydrogen-bond acceptors (Lipinski definition) is 4. The van der Waals surface area contributed by atoms with Crippen molar-refractivity contribution < 1.29 is 14.4 Å². The molecule has 0 unspecified atom stereocenters. The van der Waals surface area contributed by atoms with E-state index in [1.807, 2.05) is 36.4 Å². The molecule has 0 bridgehead atoms. The Balaban J connectivity index is 1.53. The fraction of sp³-hybridized carbons (Fsp3) is 0.389. The first-order chi connectivity index (χ1) is 11.7. The average Bonchev–Trinajstić information content (AvgIpc) is 2.86. The smallest absolute Gasteiger partial charge is 0.247 e. The number of rotatable bonds is 2. The number of carbonyl (C=O) groups excluding carboxylic acids is 3. The lowest BCUT2D eigenvalue weighted by Crippen LogP contribution is -2.45. The molecule has 3 aliphatic rings. The summed E-state index contributed by atoms with van der Waals surface area (Å²) in [5.41, 5.74) is 0.872. The van der Waals surface area contributed by atoms with E-state index >= 15 is 0 Å². The van der Waals surface area contributed by atoms with Crippen LogP contribution in [-0.4, -0.2) is 41.5 Å². The highest BCUT2D eigenvalue weighted by Crippen LogP contribution is 2.36. The van der Waals surface area contributed by atoms with Gasteiger partial charge in [-0.05, 0) is 25.0 Å². The summed E-state index contributed by atoms with van der Waals surface area (Å²) >= 11 is 1.72. The van der Waals surface area contributed by atoms with Crippen molar-refractivity contribution in [1.29, 1.82) is 0 Å². The predicted molar refractivity (Wildman–Crippen MR) is 91.6 cm³/mol. The fourth-order valence-electron chi connectivity index (χ4n) is 3.67. The van der Waals surface area contributed by atoms with Crippen LogP contribution in [-0.2, 0) is 14.4 Å². The average molecular weight is 342 g/mol. The molecule has 0 aromatic heterocycles. The summed E-state index contributed by atoms with van der Waals surface area (Å²) in [6, 6.07) is 7.75. The van der Waals surface area contributed by atoms with Crippen molar-refractivity contribution >= 4 is 35.2 Å². The van der Waals surface area contributed by atoms with Crippen molar-refractivity contribution in [2.45, 2.75) is 17.7 Å². The highest BCUT2D eigenvalue weighted by Gasteiger charge is 2.48. The van der Waals surface area contributed by atoms with Gasteiger partial charge in [-0.3, -0.25) is 19.3 Å². The number of nitrogens with zero attached hydrogens (tertiary/aromatic N) is 2. The Morgan fingerprint density at radius 2 is 1.75 bits per heavy atom. The number of benzene rings is 1. The molecule has 2 atom stereocenters. The topological polar surface area (TPSA) is 57.7 Å². The number of anilines is 1. The van der Waals surface area contributed by atoms with Crippen LogP contribution in [0.3, 0.4) is 0 Å². The van der Waals surface area contributed by atoms with Gasteiger partial charge in [-0.1, -0.05) is 24.3 Å². The number of fused-ring (bicyclic) bond motifs is 2. The van der Waals surface area contributed by atoms with Gasteiger partial charge in [0.05, 0.1) is 17.5 Å². The Bertz CT molecular complexity index is 720. The minimum atomic E-state index is -0.278. The van der Waals surface area contributed by atoms with Crippen LogP contribution in [0.15, 0.2) is 41.3 Å². The number of carbonyl (C=O) groups is 3. The highest BCUT2D eigenvalue weighted by atomic mass is 32.2. The monoisotopic (exact) mass is 342 g/mol. The van der Waals surface area contributed by atoms with E-state index < -0.39 is 0 Å². The van der Waals surface area contributed by atoms with E-state index in [9.17, 15) is 14.4 Å². The minimum Gasteiger partial charge on any atom is -0.309 e. The van der Waals surface area contributed by atoms with Gasteiger partial charge < -0.3 is 4.90 Å². The Hall–Kier alpha value is -2.08. The van der Waals surface area contributed by atoms with Gasteiger partial charge in [0.15, 0.2) is 0 Å². The standard InChI is InChI=1S/C18H18N2O3S/c21-16(19-9-10-24-15-8-4-3-7-14(15)19)11-20-17(22)12-5-1-2-6-13(12)18(20)23/h1-4,7-8,12-13H,5-6,9-11H2/t12-,13+. The molecule has 1 aromatic carbocycles. The number of para-hydroxylation sites is 1. The maximum atomic E-state index is 12.8. The van der Waals surface area contributed by atoms with Gasteiger partial charge >= 0.3 is 0 Å². The molecule has 0 saturated carbocycles. The third kappa shape index (κ3) is 2.45. The molecule has 4 rings (SSSR count). The predicted octanol–water partition coefficient (Wildman–Crippen LogP) is 2.08. The summed E-state index contributed by atoms with van der Waals surface area (Å²) in [6.07, 6.45) is 5.11. The van der Waals surface area contributed by atoms with Gasteiger partial charge in [0.2, 0.25) is 17.7 Å². The first-order valence-electron chi connectivity index (χ1n) is 8.19. The number of thioether (sulfide) groups is 1. The Labute approximate surface area is 144 Å². The van der Waals surface area contributed by atoms with Crippen molar-refractivity contribution in [2.75, 3.05) is 23.7 Å². The molecule has 0 N–H and O–H groups in total. The summed E-state index contributed by atoms with van der Waals surface area (Å²) in [5, 5.41) is 0. The van der Waals surface area contributed by atoms with Crippen molar-refractivity contribution in [3.8, 4) is 0 Å². The lowest BCUT2D eigenvalue weighted by Gasteiger charge is -2.30. The number of likely N-dealkylation sites (tertiary alicyclic amines) is 1. The van der Waals surface area contributed by atoms with E-state index in [2.05, 4.69) is 0 Å². The van der Waals surface area contributed by atoms with Gasteiger partial charge in [0, 0.05) is 17.2 Å². The molecule has 1 aliphatic carbocycles. The van der Waals surface area contributed by atoms with Crippen LogP contribution in [0.5, 0.6) is 0 Å². The molecular formula is C18H18N2O3S. The minimum absolute atomic E-state index is 0.149. The summed E-state index contributed by atoms with van der Waals surface area (Å²) < 4.78 is 0. The number of imide groups is 1. The van der Waals surface area contributed by atoms with Crippen LogP contribution < -0.4 is 4.90 Å². The van der Waals surface area contributed by atoms with Gasteiger partial charge in [-0.15, -0.1) is 11.8 Å². The third-order valence-electron chi connectivity index (χ3n) is 4.92. The number of amides is 3. The summed E-state index contributed by atoms with van der Waals surface area (Å²) in [5.74, 6) is -0.306. The van der Waals surface area contributed by atoms with Crippen LogP contribution in [0.2, 0.25) is 0 Å². The summed E-state index contributed by atoms with van der Waals surface area (Å²) in [7, 11) is 0. The van der Waals surface area contributed by atoms with Gasteiger partial charge in [0.1, 0.15) is 6.54 Å². The summed E-state index contributed by atoms with van der Waals surface area (Å²) in [6.45, 7) is 0.453. The van der Waals surface area contributed by atoms with Gasteiger partial charge in [-0.2, -0.15) is 0 Å². The second-order valence-electron chi connectivity index (χ2n) is 6.28. The zero-order valence-corrected chi connectivity index (χ0v) is 14.0. The highest BCUT2D eigenvalue weighted by molar-refractivity contribution is 7.99. The largest absolute Gasteiger partial charge is 0.309 e. The molecular weight excluding hydrogens is 324 g/mol. The third-order valence-corrected chi connectivity index (χ3v) is 5.96. The molecule has 1 aromatic rings. The van der Waals surface area contributed by atoms with Crippen molar-refractivity contribution in [1.82, 2.24) is 4.90 Å². The molecule has 2 heterocycles. The van der Waals surface area contributed by atoms with Crippen molar-refractivity contribution in [3.63, 3.8) is 0 Å². The maximum Gasteiger partial charge on any atom is 0.247 e. The van der Waals surface area contributed by atoms with Crippen LogP contribution in [0.4, 0.5) is 5.69 Å². The van der Waals surface area contributed by atoms with Gasteiger partial charge in [0.25, 0.3) is 0 Å². The fourth-order valence-corrected chi connectivity index (χ4v) is 4.67. The normalized spacial score (nSPS) is 25.7. The molecule has 124 valence electrons. The van der Waals surface area contributed by atoms with E-state index in [1.54, 1.807) is 16.7 Å². The molecule has 0 radical (unpaired) electrons. The Morgan fingerprint density at radius 3 is 2.46 bits per heavy atom. The molecule has 0 spiro atoms. The Kier molecular flexibility index (Phi) is 3.92. The van der Waals surface area contributed by atoms with Crippen LogP contribution in [0.25, 0.3) is 0 Å². The zero-order valence-electron chi connectivity index (χ0n) is 13.2. The number of hydrogen-bond donors (Lipinski definition) is 0. The first-order valence-corrected chi connectivity index (χ1v) is 9.18. The molecule has 5 nitrogen and oxygen atoms in total. The van der Waals surface area contributed by atoms with E-state index in [1.165, 1.54) is 4.90 Å². The van der Waals surface area contributed by atoms with Crippen LogP contribution in [0, 0.1) is 11.8 Å². The maximum absolute atomic E-state index is 12.8. The second-order valence-corrected chi connectivity index (χ2v) is 7.42. The number of allylic oxidation sites excluding steroid dienone is 2. The Morgan fingerprint density at radius 1 is 1.08 bits per heavy atom. The van der Waals surface area contributed by atoms with E-state index in [4.69, 9.17) is 0 Å². The van der Waals surface area contributed by atoms with Crippen LogP contribution >= 0.6 is 11.8 Å². The molecule has 1 fully saturated rings. The quantitative estimate of drug-likeness (QED) is 0.610. The van der Waals surface area contributed by atoms with Crippen molar-refractivity contribution in [3.05, 3.63) is 36.4 Å². The van der Waals surface area contributed by atoms with E-state index in [0.717, 1.165) is 16.3 Å². The van der Waals surface area contributed by atoms with Crippen molar-refractivity contribution in [2.24, 2.45) is 11.8 Å². The summed E-state index contributed by atoms with van der Waals surface area (Å²) in [4.78, 5) is 41.7. The van der Waals surface area contributed by atoms with E-state index in [-0.39, 0.29) is 36.1 Å². The molecule has 2 aliphatic heterocycles. The molecule has 24 heavy (non-hydrogen) atoms.